The molecule has 0 radical (unpaired) electrons. The van der Waals surface area contributed by atoms with Gasteiger partial charge >= 0.3 is 18.5 Å². The molecule has 2 aliphatic rings. The fourth-order valence-corrected chi connectivity index (χ4v) is 5.41. The second-order valence-corrected chi connectivity index (χ2v) is 11.0. The van der Waals surface area contributed by atoms with Crippen LogP contribution in [0.3, 0.4) is 0 Å². The Morgan fingerprint density at radius 3 is 2.00 bits per heavy atom. The Hall–Kier alpha value is -3.31. The Balaban J connectivity index is 1.79. The van der Waals surface area contributed by atoms with Crippen LogP contribution in [0, 0.1) is 0 Å². The average molecular weight is 641 g/mol. The van der Waals surface area contributed by atoms with Crippen LogP contribution in [0.1, 0.15) is 59.3 Å². The van der Waals surface area contributed by atoms with Crippen LogP contribution < -0.4 is 11.0 Å². The average Bonchev–Trinajstić information content (AvgIpc) is 3.57. The van der Waals surface area contributed by atoms with Gasteiger partial charge in [0.25, 0.3) is 0 Å². The van der Waals surface area contributed by atoms with Crippen LogP contribution in [0.5, 0.6) is 0 Å². The molecule has 0 spiro atoms. The summed E-state index contributed by atoms with van der Waals surface area (Å²) in [6.07, 6.45) is -12.8. The second kappa shape index (κ2) is 12.6. The van der Waals surface area contributed by atoms with Crippen molar-refractivity contribution in [2.75, 3.05) is 34.2 Å². The van der Waals surface area contributed by atoms with Gasteiger partial charge in [0.1, 0.15) is 0 Å². The molecule has 44 heavy (non-hydrogen) atoms. The summed E-state index contributed by atoms with van der Waals surface area (Å²) in [6, 6.07) is 1.95. The van der Waals surface area contributed by atoms with Crippen LogP contribution in [0.15, 0.2) is 35.6 Å². The van der Waals surface area contributed by atoms with E-state index in [1.165, 1.54) is 17.1 Å². The fourth-order valence-electron chi connectivity index (χ4n) is 5.41. The number of pyridine rings is 1. The standard InChI is InChI=1S/C27H33F9N8/c1-5-22(43-7-6-21(15-43)41(2)3)23-17(10-20(12-37-23)27(34,35)36)14-44(24-38-40-42(4)39-24)13-16-8-18(25(28,29)30)11-19(9-16)26(31,32)33/h8-12,21-22,40H,5-7,13-15H2,1-4H3,(H,38,39)/t21-,22?/m1/s1. The lowest BCUT2D eigenvalue weighted by Gasteiger charge is -2.31. The minimum absolute atomic E-state index is 0.0201. The molecular weight excluding hydrogens is 607 g/mol. The Kier molecular flexibility index (Phi) is 9.61. The van der Waals surface area contributed by atoms with Crippen LogP contribution in [0.25, 0.3) is 0 Å². The normalized spacial score (nSPS) is 19.0. The highest BCUT2D eigenvalue weighted by molar-refractivity contribution is 5.80. The molecule has 17 heteroatoms. The minimum Gasteiger partial charge on any atom is -0.332 e. The Morgan fingerprint density at radius 1 is 0.909 bits per heavy atom. The van der Waals surface area contributed by atoms with E-state index in [0.29, 0.717) is 37.3 Å². The largest absolute Gasteiger partial charge is 0.417 e. The van der Waals surface area contributed by atoms with E-state index in [4.69, 9.17) is 0 Å². The van der Waals surface area contributed by atoms with E-state index in [9.17, 15) is 39.5 Å². The molecule has 2 aromatic rings. The smallest absolute Gasteiger partial charge is 0.332 e. The number of alkyl halides is 9. The highest BCUT2D eigenvalue weighted by atomic mass is 19.4. The number of likely N-dealkylation sites (N-methyl/N-ethyl adjacent to an activating group) is 1. The van der Waals surface area contributed by atoms with Crippen molar-refractivity contribution >= 4 is 5.96 Å². The van der Waals surface area contributed by atoms with Crippen molar-refractivity contribution in [3.63, 3.8) is 0 Å². The van der Waals surface area contributed by atoms with Crippen molar-refractivity contribution in [1.82, 2.24) is 35.8 Å². The van der Waals surface area contributed by atoms with Gasteiger partial charge in [-0.3, -0.25) is 15.3 Å². The molecule has 0 aliphatic carbocycles. The molecule has 2 atom stereocenters. The van der Waals surface area contributed by atoms with Crippen molar-refractivity contribution in [2.45, 2.75) is 63.5 Å². The van der Waals surface area contributed by atoms with Gasteiger partial charge in [0.2, 0.25) is 5.96 Å². The third kappa shape index (κ3) is 7.85. The number of hydrazine groups is 2. The zero-order valence-corrected chi connectivity index (χ0v) is 24.4. The van der Waals surface area contributed by atoms with E-state index in [2.05, 4.69) is 30.8 Å². The van der Waals surface area contributed by atoms with E-state index in [-0.39, 0.29) is 41.8 Å². The molecule has 1 unspecified atom stereocenters. The maximum atomic E-state index is 13.8. The fraction of sp³-hybridized carbons (Fsp3) is 0.556. The summed E-state index contributed by atoms with van der Waals surface area (Å²) in [7, 11) is 5.35. The van der Waals surface area contributed by atoms with Crippen LogP contribution in [-0.4, -0.2) is 71.0 Å². The van der Waals surface area contributed by atoms with Gasteiger partial charge in [-0.05, 0) is 62.3 Å². The molecule has 1 aromatic heterocycles. The number of guanidine groups is 1. The van der Waals surface area contributed by atoms with Gasteiger partial charge in [0.05, 0.1) is 28.4 Å². The lowest BCUT2D eigenvalue weighted by atomic mass is 10.0. The molecule has 0 amide bonds. The molecule has 4 rings (SSSR count). The summed E-state index contributed by atoms with van der Waals surface area (Å²) in [5.74, 6) is -0.0243. The summed E-state index contributed by atoms with van der Waals surface area (Å²) in [5.41, 5.74) is 1.31. The molecule has 3 heterocycles. The van der Waals surface area contributed by atoms with Gasteiger partial charge in [-0.2, -0.15) is 39.5 Å². The van der Waals surface area contributed by atoms with Crippen molar-refractivity contribution in [3.05, 3.63) is 64.0 Å². The number of likely N-dealkylation sites (tertiary alicyclic amines) is 1. The van der Waals surface area contributed by atoms with Crippen LogP contribution in [0.2, 0.25) is 0 Å². The van der Waals surface area contributed by atoms with Crippen LogP contribution in [-0.2, 0) is 31.6 Å². The topological polar surface area (TPSA) is 62.3 Å². The van der Waals surface area contributed by atoms with E-state index < -0.39 is 41.8 Å². The highest BCUT2D eigenvalue weighted by Gasteiger charge is 2.38. The number of nitrogens with zero attached hydrogens (tertiary/aromatic N) is 6. The van der Waals surface area contributed by atoms with Crippen LogP contribution >= 0.6 is 0 Å². The summed E-state index contributed by atoms with van der Waals surface area (Å²) < 4.78 is 123. The van der Waals surface area contributed by atoms with Gasteiger partial charge in [-0.1, -0.05) is 6.92 Å². The maximum Gasteiger partial charge on any atom is 0.417 e. The molecule has 1 saturated heterocycles. The van der Waals surface area contributed by atoms with Gasteiger partial charge in [0, 0.05) is 45.5 Å². The molecule has 8 nitrogen and oxygen atoms in total. The third-order valence-electron chi connectivity index (χ3n) is 7.65. The summed E-state index contributed by atoms with van der Waals surface area (Å²) >= 11 is 0. The van der Waals surface area contributed by atoms with Crippen molar-refractivity contribution in [2.24, 2.45) is 5.10 Å². The first-order valence-electron chi connectivity index (χ1n) is 13.7. The molecule has 2 N–H and O–H groups in total. The van der Waals surface area contributed by atoms with Gasteiger partial charge in [-0.25, -0.2) is 5.12 Å². The predicted molar refractivity (Wildman–Crippen MR) is 143 cm³/mol. The summed E-state index contributed by atoms with van der Waals surface area (Å²) in [4.78, 5) is 9.69. The van der Waals surface area contributed by atoms with E-state index in [1.807, 2.05) is 21.0 Å². The zero-order chi connectivity index (χ0) is 32.6. The number of benzene rings is 1. The predicted octanol–water partition coefficient (Wildman–Crippen LogP) is 5.45. The molecule has 0 bridgehead atoms. The number of halogens is 9. The first kappa shape index (κ1) is 33.6. The summed E-state index contributed by atoms with van der Waals surface area (Å²) in [5, 5.41) is 5.34. The first-order chi connectivity index (χ1) is 20.4. The molecular formula is C27H33F9N8. The quantitative estimate of drug-likeness (QED) is 0.372. The van der Waals surface area contributed by atoms with Gasteiger partial charge < -0.3 is 9.80 Å². The van der Waals surface area contributed by atoms with E-state index in [0.717, 1.165) is 18.7 Å². The lowest BCUT2D eigenvalue weighted by Crippen LogP contribution is -2.44. The molecule has 1 aromatic carbocycles. The monoisotopic (exact) mass is 640 g/mol. The lowest BCUT2D eigenvalue weighted by molar-refractivity contribution is -0.143. The van der Waals surface area contributed by atoms with Crippen LogP contribution in [0.4, 0.5) is 39.5 Å². The summed E-state index contributed by atoms with van der Waals surface area (Å²) in [6.45, 7) is 2.28. The first-order valence-corrected chi connectivity index (χ1v) is 13.7. The SMILES string of the molecule is CCC(c1ncc(C(F)(F)F)cc1CN(Cc1cc(C(F)(F)F)cc(C(F)(F)F)c1)C1=NN(C)NN1)N1CC[C@@H](N(C)C)C1. The number of hydrogen-bond acceptors (Lipinski definition) is 8. The highest BCUT2D eigenvalue weighted by Crippen LogP contribution is 2.38. The number of rotatable bonds is 8. The molecule has 244 valence electrons. The van der Waals surface area contributed by atoms with Gasteiger partial charge in [0.15, 0.2) is 0 Å². The second-order valence-electron chi connectivity index (χ2n) is 11.0. The molecule has 2 aliphatic heterocycles. The number of nitrogens with one attached hydrogen (secondary N) is 2. The van der Waals surface area contributed by atoms with Gasteiger partial charge in [-0.15, -0.1) is 10.6 Å². The van der Waals surface area contributed by atoms with E-state index in [1.54, 1.807) is 0 Å². The Morgan fingerprint density at radius 2 is 1.52 bits per heavy atom. The van der Waals surface area contributed by atoms with Crippen molar-refractivity contribution in [3.8, 4) is 0 Å². The Labute approximate surface area is 248 Å². The third-order valence-corrected chi connectivity index (χ3v) is 7.65. The number of hydrazone groups is 1. The number of aromatic nitrogens is 1. The van der Waals surface area contributed by atoms with Crippen molar-refractivity contribution < 1.29 is 39.5 Å². The van der Waals surface area contributed by atoms with Crippen molar-refractivity contribution in [1.29, 1.82) is 0 Å². The molecule has 1 fully saturated rings. The zero-order valence-electron chi connectivity index (χ0n) is 24.4. The number of hydrogen-bond donors (Lipinski definition) is 2. The molecule has 0 saturated carbocycles. The van der Waals surface area contributed by atoms with E-state index >= 15 is 0 Å². The minimum atomic E-state index is -5.07. The maximum absolute atomic E-state index is 13.8. The Bertz CT molecular complexity index is 1310.